The molecule has 4 rings (SSSR count). The van der Waals surface area contributed by atoms with Gasteiger partial charge in [0.25, 0.3) is 0 Å². The first-order chi connectivity index (χ1) is 19.6. The number of halogens is 5. The number of hydrogen-bond acceptors (Lipinski definition) is 3. The predicted octanol–water partition coefficient (Wildman–Crippen LogP) is 8.96. The predicted molar refractivity (Wildman–Crippen MR) is 148 cm³/mol. The average Bonchev–Trinajstić information content (AvgIpc) is 2.95. The van der Waals surface area contributed by atoms with Crippen molar-refractivity contribution in [3.05, 3.63) is 114 Å². The van der Waals surface area contributed by atoms with Crippen LogP contribution in [0, 0.1) is 11.6 Å². The lowest BCUT2D eigenvalue weighted by atomic mass is 9.96. The molecule has 0 bridgehead atoms. The maximum absolute atomic E-state index is 15.1. The third-order valence-electron chi connectivity index (χ3n) is 6.41. The van der Waals surface area contributed by atoms with E-state index < -0.39 is 36.0 Å². The van der Waals surface area contributed by atoms with E-state index in [9.17, 15) is 18.0 Å². The Bertz CT molecular complexity index is 1520. The number of carbonyl (C=O) groups excluding carboxylic acids is 1. The van der Waals surface area contributed by atoms with Crippen LogP contribution in [0.15, 0.2) is 97.1 Å². The highest BCUT2D eigenvalue weighted by Gasteiger charge is 2.37. The molecule has 0 spiro atoms. The lowest BCUT2D eigenvalue weighted by molar-refractivity contribution is -0.151. The Kier molecular flexibility index (Phi) is 9.22. The van der Waals surface area contributed by atoms with E-state index in [1.54, 1.807) is 42.5 Å². The van der Waals surface area contributed by atoms with E-state index in [1.165, 1.54) is 17.7 Å². The SMILES string of the molecule is C=C(C(=O)OCCOc1ccc(-c2ccc(-c3ccc(-c4ccc(CCC)cc4)cc3F)cc2F)cc1)C(F)(F)F. The molecule has 0 radical (unpaired) electrons. The minimum absolute atomic E-state index is 0.187. The van der Waals surface area contributed by atoms with Gasteiger partial charge in [0.15, 0.2) is 0 Å². The average molecular weight is 567 g/mol. The Balaban J connectivity index is 1.39. The molecule has 0 saturated heterocycles. The molecule has 3 nitrogen and oxygen atoms in total. The maximum atomic E-state index is 15.1. The summed E-state index contributed by atoms with van der Waals surface area (Å²) in [6.45, 7) is 4.19. The first-order valence-electron chi connectivity index (χ1n) is 12.9. The number of hydrogen-bond donors (Lipinski definition) is 0. The largest absolute Gasteiger partial charge is 0.490 e. The highest BCUT2D eigenvalue weighted by molar-refractivity contribution is 5.89. The maximum Gasteiger partial charge on any atom is 0.422 e. The zero-order valence-corrected chi connectivity index (χ0v) is 22.2. The van der Waals surface area contributed by atoms with E-state index >= 15 is 8.78 Å². The van der Waals surface area contributed by atoms with E-state index in [2.05, 4.69) is 18.2 Å². The summed E-state index contributed by atoms with van der Waals surface area (Å²) in [6.07, 6.45) is -2.82. The number of esters is 1. The molecular formula is C33H27F5O3. The molecule has 0 aromatic heterocycles. The fourth-order valence-corrected chi connectivity index (χ4v) is 4.23. The van der Waals surface area contributed by atoms with Crippen molar-refractivity contribution in [1.82, 2.24) is 0 Å². The standard InChI is InChI=1S/C33H27F5O3/c1-3-4-22-5-7-23(8-6-22)25-11-15-29(30(34)19-25)26-12-16-28(31(35)20-26)24-9-13-27(14-10-24)40-17-18-41-32(39)21(2)33(36,37)38/h5-16,19-20H,2-4,17-18H2,1H3. The molecule has 8 heteroatoms. The van der Waals surface area contributed by atoms with Gasteiger partial charge in [0.05, 0.1) is 0 Å². The van der Waals surface area contributed by atoms with E-state index in [-0.39, 0.29) is 12.2 Å². The number of aryl methyl sites for hydroxylation is 1. The molecule has 0 aliphatic heterocycles. The third kappa shape index (κ3) is 7.39. The van der Waals surface area contributed by atoms with Gasteiger partial charge in [0.1, 0.15) is 36.2 Å². The molecule has 0 atom stereocenters. The van der Waals surface area contributed by atoms with Crippen LogP contribution in [-0.2, 0) is 16.0 Å². The fraction of sp³-hybridized carbons (Fsp3) is 0.182. The van der Waals surface area contributed by atoms with E-state index in [0.717, 1.165) is 24.0 Å². The summed E-state index contributed by atoms with van der Waals surface area (Å²) in [7, 11) is 0. The van der Waals surface area contributed by atoms with Gasteiger partial charge in [0, 0.05) is 11.1 Å². The van der Waals surface area contributed by atoms with Gasteiger partial charge in [-0.3, -0.25) is 0 Å². The van der Waals surface area contributed by atoms with Crippen molar-refractivity contribution < 1.29 is 36.2 Å². The van der Waals surface area contributed by atoms with Crippen LogP contribution in [-0.4, -0.2) is 25.4 Å². The van der Waals surface area contributed by atoms with Gasteiger partial charge < -0.3 is 9.47 Å². The van der Waals surface area contributed by atoms with Crippen molar-refractivity contribution in [3.63, 3.8) is 0 Å². The van der Waals surface area contributed by atoms with Gasteiger partial charge in [-0.2, -0.15) is 13.2 Å². The summed E-state index contributed by atoms with van der Waals surface area (Å²) >= 11 is 0. The van der Waals surface area contributed by atoms with Crippen molar-refractivity contribution in [3.8, 4) is 39.1 Å². The molecule has 0 heterocycles. The van der Waals surface area contributed by atoms with Gasteiger partial charge in [-0.15, -0.1) is 0 Å². The molecule has 0 aliphatic rings. The Hall–Kier alpha value is -4.46. The fourth-order valence-electron chi connectivity index (χ4n) is 4.23. The number of benzene rings is 4. The molecule has 0 unspecified atom stereocenters. The lowest BCUT2D eigenvalue weighted by Crippen LogP contribution is -2.22. The van der Waals surface area contributed by atoms with Crippen LogP contribution in [0.2, 0.25) is 0 Å². The van der Waals surface area contributed by atoms with Crippen LogP contribution in [0.5, 0.6) is 5.75 Å². The normalized spacial score (nSPS) is 11.3. The number of ether oxygens (including phenoxy) is 2. The summed E-state index contributed by atoms with van der Waals surface area (Å²) in [5, 5.41) is 0. The van der Waals surface area contributed by atoms with E-state index in [1.807, 2.05) is 30.3 Å². The molecule has 4 aromatic carbocycles. The third-order valence-corrected chi connectivity index (χ3v) is 6.41. The molecule has 0 saturated carbocycles. The minimum Gasteiger partial charge on any atom is -0.490 e. The summed E-state index contributed by atoms with van der Waals surface area (Å²) < 4.78 is 77.3. The molecular weight excluding hydrogens is 539 g/mol. The van der Waals surface area contributed by atoms with Crippen LogP contribution >= 0.6 is 0 Å². The van der Waals surface area contributed by atoms with Crippen LogP contribution in [0.3, 0.4) is 0 Å². The molecule has 0 fully saturated rings. The Morgan fingerprint density at radius 3 is 1.85 bits per heavy atom. The summed E-state index contributed by atoms with van der Waals surface area (Å²) in [5.74, 6) is -2.22. The molecule has 212 valence electrons. The van der Waals surface area contributed by atoms with Crippen molar-refractivity contribution in [2.45, 2.75) is 25.9 Å². The van der Waals surface area contributed by atoms with Crippen molar-refractivity contribution in [1.29, 1.82) is 0 Å². The second-order valence-corrected chi connectivity index (χ2v) is 9.32. The topological polar surface area (TPSA) is 35.5 Å². The van der Waals surface area contributed by atoms with Crippen LogP contribution in [0.1, 0.15) is 18.9 Å². The highest BCUT2D eigenvalue weighted by atomic mass is 19.4. The first-order valence-corrected chi connectivity index (χ1v) is 12.9. The van der Waals surface area contributed by atoms with E-state index in [4.69, 9.17) is 4.74 Å². The smallest absolute Gasteiger partial charge is 0.422 e. The number of rotatable bonds is 10. The Labute approximate surface area is 234 Å². The lowest BCUT2D eigenvalue weighted by Gasteiger charge is -2.11. The van der Waals surface area contributed by atoms with Gasteiger partial charge in [-0.05, 0) is 58.5 Å². The zero-order valence-electron chi connectivity index (χ0n) is 22.2. The zero-order chi connectivity index (χ0) is 29.6. The van der Waals surface area contributed by atoms with Crippen LogP contribution in [0.4, 0.5) is 22.0 Å². The van der Waals surface area contributed by atoms with Crippen molar-refractivity contribution in [2.24, 2.45) is 0 Å². The van der Waals surface area contributed by atoms with E-state index in [0.29, 0.717) is 22.4 Å². The molecule has 0 N–H and O–H groups in total. The quantitative estimate of drug-likeness (QED) is 0.0832. The molecule has 0 aliphatic carbocycles. The second-order valence-electron chi connectivity index (χ2n) is 9.32. The second kappa shape index (κ2) is 12.8. The molecule has 4 aromatic rings. The van der Waals surface area contributed by atoms with Crippen molar-refractivity contribution >= 4 is 5.97 Å². The van der Waals surface area contributed by atoms with Crippen LogP contribution in [0.25, 0.3) is 33.4 Å². The van der Waals surface area contributed by atoms with Crippen LogP contribution < -0.4 is 4.74 Å². The minimum atomic E-state index is -4.86. The van der Waals surface area contributed by atoms with Crippen molar-refractivity contribution in [2.75, 3.05) is 13.2 Å². The Morgan fingerprint density at radius 1 is 0.732 bits per heavy atom. The summed E-state index contributed by atoms with van der Waals surface area (Å²) in [4.78, 5) is 11.3. The Morgan fingerprint density at radius 2 is 1.27 bits per heavy atom. The highest BCUT2D eigenvalue weighted by Crippen LogP contribution is 2.32. The van der Waals surface area contributed by atoms with Gasteiger partial charge >= 0.3 is 12.1 Å². The summed E-state index contributed by atoms with van der Waals surface area (Å²) in [5.41, 5.74) is 2.78. The van der Waals surface area contributed by atoms with Gasteiger partial charge in [0.2, 0.25) is 0 Å². The monoisotopic (exact) mass is 566 g/mol. The number of alkyl halides is 3. The van der Waals surface area contributed by atoms with Gasteiger partial charge in [-0.25, -0.2) is 13.6 Å². The van der Waals surface area contributed by atoms with Gasteiger partial charge in [-0.1, -0.05) is 80.6 Å². The summed E-state index contributed by atoms with van der Waals surface area (Å²) in [6, 6.07) is 23.7. The molecule has 0 amide bonds. The number of carbonyl (C=O) groups is 1. The molecule has 41 heavy (non-hydrogen) atoms. The first kappa shape index (κ1) is 29.5.